The van der Waals surface area contributed by atoms with Crippen LogP contribution in [-0.2, 0) is 5.41 Å². The third-order valence-corrected chi connectivity index (χ3v) is 3.88. The van der Waals surface area contributed by atoms with Crippen LogP contribution in [0, 0.1) is 0 Å². The molecule has 0 aliphatic carbocycles. The summed E-state index contributed by atoms with van der Waals surface area (Å²) in [7, 11) is 0. The summed E-state index contributed by atoms with van der Waals surface area (Å²) in [5.41, 5.74) is 2.61. The predicted octanol–water partition coefficient (Wildman–Crippen LogP) is 4.56. The Labute approximate surface area is 138 Å². The molecule has 1 aromatic carbocycles. The first kappa shape index (κ1) is 17.3. The van der Waals surface area contributed by atoms with Crippen LogP contribution in [0.3, 0.4) is 0 Å². The zero-order chi connectivity index (χ0) is 17.0. The van der Waals surface area contributed by atoms with Crippen LogP contribution in [0.5, 0.6) is 0 Å². The monoisotopic (exact) mass is 314 g/mol. The van der Waals surface area contributed by atoms with Crippen molar-refractivity contribution < 1.29 is 9.32 Å². The lowest BCUT2D eigenvalue weighted by molar-refractivity contribution is 0.0929. The Bertz CT molecular complexity index is 651. The fourth-order valence-electron chi connectivity index (χ4n) is 2.46. The molecule has 1 N–H and O–H groups in total. The lowest BCUT2D eigenvalue weighted by Crippen LogP contribution is -2.32. The number of amides is 1. The summed E-state index contributed by atoms with van der Waals surface area (Å²) in [6.07, 6.45) is 1.98. The molecule has 0 fully saturated rings. The van der Waals surface area contributed by atoms with Gasteiger partial charge in [0.25, 0.3) is 5.91 Å². The lowest BCUT2D eigenvalue weighted by Gasteiger charge is -2.18. The van der Waals surface area contributed by atoms with E-state index in [1.807, 2.05) is 19.1 Å². The van der Waals surface area contributed by atoms with Gasteiger partial charge in [-0.05, 0) is 24.3 Å². The molecule has 0 aliphatic rings. The molecule has 1 amide bonds. The Balaban J connectivity index is 2.11. The van der Waals surface area contributed by atoms with Crippen molar-refractivity contribution in [3.63, 3.8) is 0 Å². The van der Waals surface area contributed by atoms with Gasteiger partial charge in [0.05, 0.1) is 0 Å². The van der Waals surface area contributed by atoms with E-state index in [2.05, 4.69) is 50.3 Å². The van der Waals surface area contributed by atoms with Gasteiger partial charge in [0, 0.05) is 17.7 Å². The zero-order valence-electron chi connectivity index (χ0n) is 14.6. The van der Waals surface area contributed by atoms with Crippen LogP contribution in [0.25, 0.3) is 11.3 Å². The highest BCUT2D eigenvalue weighted by Gasteiger charge is 2.17. The Morgan fingerprint density at radius 3 is 2.48 bits per heavy atom. The molecule has 2 rings (SSSR count). The molecular weight excluding hydrogens is 288 g/mol. The largest absolute Gasteiger partial charge is 0.355 e. The highest BCUT2D eigenvalue weighted by atomic mass is 16.5. The van der Waals surface area contributed by atoms with Gasteiger partial charge in [-0.3, -0.25) is 4.79 Å². The van der Waals surface area contributed by atoms with Crippen molar-refractivity contribution in [3.05, 3.63) is 41.6 Å². The average Bonchev–Trinajstić information content (AvgIpc) is 2.96. The van der Waals surface area contributed by atoms with E-state index in [9.17, 15) is 4.79 Å². The summed E-state index contributed by atoms with van der Waals surface area (Å²) in [5.74, 6) is 0.422. The summed E-state index contributed by atoms with van der Waals surface area (Å²) in [4.78, 5) is 12.1. The van der Waals surface area contributed by atoms with Gasteiger partial charge in [-0.15, -0.1) is 0 Å². The maximum absolute atomic E-state index is 12.1. The molecule has 0 spiro atoms. The number of benzene rings is 1. The topological polar surface area (TPSA) is 55.1 Å². The maximum Gasteiger partial charge on any atom is 0.273 e. The van der Waals surface area contributed by atoms with Crippen LogP contribution >= 0.6 is 0 Å². The molecule has 4 heteroatoms. The number of rotatable bonds is 5. The summed E-state index contributed by atoms with van der Waals surface area (Å²) in [5, 5.41) is 6.82. The van der Waals surface area contributed by atoms with Crippen molar-refractivity contribution in [2.24, 2.45) is 0 Å². The number of hydrogen-bond acceptors (Lipinski definition) is 3. The van der Waals surface area contributed by atoms with Crippen molar-refractivity contribution in [3.8, 4) is 11.3 Å². The van der Waals surface area contributed by atoms with Crippen molar-refractivity contribution >= 4 is 5.91 Å². The summed E-state index contributed by atoms with van der Waals surface area (Å²) >= 11 is 0. The quantitative estimate of drug-likeness (QED) is 0.880. The first-order chi connectivity index (χ1) is 10.8. The van der Waals surface area contributed by atoms with Crippen molar-refractivity contribution in [1.82, 2.24) is 10.5 Å². The number of carbonyl (C=O) groups excluding carboxylic acids is 1. The van der Waals surface area contributed by atoms with E-state index in [1.54, 1.807) is 6.07 Å². The normalized spacial score (nSPS) is 12.9. The van der Waals surface area contributed by atoms with Crippen molar-refractivity contribution in [1.29, 1.82) is 0 Å². The van der Waals surface area contributed by atoms with Crippen LogP contribution in [0.2, 0.25) is 0 Å². The minimum Gasteiger partial charge on any atom is -0.355 e. The lowest BCUT2D eigenvalue weighted by atomic mass is 9.86. The van der Waals surface area contributed by atoms with Gasteiger partial charge in [-0.1, -0.05) is 63.5 Å². The molecule has 0 radical (unpaired) electrons. The Kier molecular flexibility index (Phi) is 5.24. The summed E-state index contributed by atoms with van der Waals surface area (Å²) in [6, 6.07) is 10.0. The molecule has 0 aliphatic heterocycles. The van der Waals surface area contributed by atoms with E-state index >= 15 is 0 Å². The SMILES string of the molecule is CCCC(C)NC(=O)c1cc(-c2ccc(C(C)(C)C)cc2)on1. The molecule has 1 atom stereocenters. The Hall–Kier alpha value is -2.10. The second-order valence-electron chi connectivity index (χ2n) is 7.07. The standard InChI is InChI=1S/C19H26N2O2/c1-6-7-13(2)20-18(22)16-12-17(23-21-16)14-8-10-15(11-9-14)19(3,4)5/h8-13H,6-7H2,1-5H3,(H,20,22). The summed E-state index contributed by atoms with van der Waals surface area (Å²) < 4.78 is 5.33. The second-order valence-corrected chi connectivity index (χ2v) is 7.07. The molecule has 2 aromatic rings. The molecular formula is C19H26N2O2. The van der Waals surface area contributed by atoms with Gasteiger partial charge in [-0.2, -0.15) is 0 Å². The minimum absolute atomic E-state index is 0.112. The number of nitrogens with one attached hydrogen (secondary N) is 1. The van der Waals surface area contributed by atoms with Crippen LogP contribution in [0.15, 0.2) is 34.9 Å². The van der Waals surface area contributed by atoms with E-state index in [4.69, 9.17) is 4.52 Å². The zero-order valence-corrected chi connectivity index (χ0v) is 14.6. The van der Waals surface area contributed by atoms with Crippen LogP contribution in [-0.4, -0.2) is 17.1 Å². The van der Waals surface area contributed by atoms with Gasteiger partial charge >= 0.3 is 0 Å². The molecule has 1 aromatic heterocycles. The Morgan fingerprint density at radius 2 is 1.91 bits per heavy atom. The third kappa shape index (κ3) is 4.44. The molecule has 0 saturated heterocycles. The first-order valence-electron chi connectivity index (χ1n) is 8.19. The summed E-state index contributed by atoms with van der Waals surface area (Å²) in [6.45, 7) is 10.6. The first-order valence-corrected chi connectivity index (χ1v) is 8.19. The number of carbonyl (C=O) groups is 1. The van der Waals surface area contributed by atoms with E-state index < -0.39 is 0 Å². The second kappa shape index (κ2) is 6.99. The van der Waals surface area contributed by atoms with Crippen molar-refractivity contribution in [2.75, 3.05) is 0 Å². The van der Waals surface area contributed by atoms with Crippen LogP contribution < -0.4 is 5.32 Å². The van der Waals surface area contributed by atoms with E-state index in [0.717, 1.165) is 18.4 Å². The van der Waals surface area contributed by atoms with E-state index in [-0.39, 0.29) is 17.4 Å². The average molecular weight is 314 g/mol. The predicted molar refractivity (Wildman–Crippen MR) is 92.5 cm³/mol. The number of nitrogens with zero attached hydrogens (tertiary/aromatic N) is 1. The smallest absolute Gasteiger partial charge is 0.273 e. The van der Waals surface area contributed by atoms with E-state index in [0.29, 0.717) is 11.5 Å². The van der Waals surface area contributed by atoms with Gasteiger partial charge in [0.2, 0.25) is 0 Å². The fourth-order valence-corrected chi connectivity index (χ4v) is 2.46. The molecule has 0 bridgehead atoms. The van der Waals surface area contributed by atoms with Gasteiger partial charge < -0.3 is 9.84 Å². The van der Waals surface area contributed by atoms with Crippen LogP contribution in [0.1, 0.15) is 63.5 Å². The molecule has 0 saturated carbocycles. The molecule has 23 heavy (non-hydrogen) atoms. The van der Waals surface area contributed by atoms with Gasteiger partial charge in [0.1, 0.15) is 0 Å². The van der Waals surface area contributed by atoms with E-state index in [1.165, 1.54) is 5.56 Å². The fraction of sp³-hybridized carbons (Fsp3) is 0.474. The molecule has 1 heterocycles. The number of aromatic nitrogens is 1. The highest BCUT2D eigenvalue weighted by molar-refractivity contribution is 5.93. The number of hydrogen-bond donors (Lipinski definition) is 1. The van der Waals surface area contributed by atoms with Gasteiger partial charge in [0.15, 0.2) is 11.5 Å². The van der Waals surface area contributed by atoms with Crippen LogP contribution in [0.4, 0.5) is 0 Å². The Morgan fingerprint density at radius 1 is 1.26 bits per heavy atom. The molecule has 124 valence electrons. The van der Waals surface area contributed by atoms with Crippen molar-refractivity contribution in [2.45, 2.75) is 58.9 Å². The third-order valence-electron chi connectivity index (χ3n) is 3.88. The minimum atomic E-state index is -0.188. The van der Waals surface area contributed by atoms with Gasteiger partial charge in [-0.25, -0.2) is 0 Å². The maximum atomic E-state index is 12.1. The highest BCUT2D eigenvalue weighted by Crippen LogP contribution is 2.26. The molecule has 1 unspecified atom stereocenters. The molecule has 4 nitrogen and oxygen atoms in total.